The third-order valence-electron chi connectivity index (χ3n) is 5.37. The highest BCUT2D eigenvalue weighted by atomic mass is 32.2. The smallest absolute Gasteiger partial charge is 0.243 e. The Morgan fingerprint density at radius 1 is 0.931 bits per heavy atom. The molecule has 0 amide bonds. The number of nitrogens with zero attached hydrogens (tertiary/aromatic N) is 5. The number of benzene rings is 1. The van der Waals surface area contributed by atoms with Crippen molar-refractivity contribution in [3.63, 3.8) is 0 Å². The maximum Gasteiger partial charge on any atom is 0.243 e. The van der Waals surface area contributed by atoms with E-state index in [1.54, 1.807) is 28.8 Å². The average Bonchev–Trinajstić information content (AvgIpc) is 3.45. The van der Waals surface area contributed by atoms with E-state index >= 15 is 0 Å². The van der Waals surface area contributed by atoms with Crippen LogP contribution < -0.4 is 9.64 Å². The van der Waals surface area contributed by atoms with Crippen molar-refractivity contribution in [3.8, 4) is 11.6 Å². The van der Waals surface area contributed by atoms with Crippen LogP contribution >= 0.6 is 0 Å². The second kappa shape index (κ2) is 7.16. The van der Waals surface area contributed by atoms with Crippen molar-refractivity contribution in [1.29, 1.82) is 0 Å². The molecule has 0 N–H and O–H groups in total. The molecule has 2 aliphatic heterocycles. The minimum Gasteiger partial charge on any atom is -0.493 e. The van der Waals surface area contributed by atoms with Gasteiger partial charge in [-0.25, -0.2) is 18.4 Å². The molecule has 1 aromatic carbocycles. The largest absolute Gasteiger partial charge is 0.493 e. The lowest BCUT2D eigenvalue weighted by molar-refractivity contribution is 0.356. The number of piperazine rings is 1. The molecular weight excluding hydrogens is 390 g/mol. The maximum absolute atomic E-state index is 13.1. The molecule has 9 heteroatoms. The van der Waals surface area contributed by atoms with E-state index < -0.39 is 10.0 Å². The molecule has 5 rings (SSSR count). The number of hydrogen-bond acceptors (Lipinski definition) is 6. The Hall–Kier alpha value is -2.91. The quantitative estimate of drug-likeness (QED) is 0.650. The molecule has 0 atom stereocenters. The summed E-state index contributed by atoms with van der Waals surface area (Å²) in [6.45, 7) is 2.60. The molecular formula is C20H21N5O3S. The normalized spacial score (nSPS) is 17.2. The van der Waals surface area contributed by atoms with Crippen LogP contribution in [0.1, 0.15) is 5.56 Å². The summed E-state index contributed by atoms with van der Waals surface area (Å²) in [6.07, 6.45) is 6.15. The summed E-state index contributed by atoms with van der Waals surface area (Å²) in [6, 6.07) is 10.9. The van der Waals surface area contributed by atoms with Crippen LogP contribution in [0.5, 0.6) is 5.75 Å². The van der Waals surface area contributed by atoms with Crippen molar-refractivity contribution in [1.82, 2.24) is 18.8 Å². The lowest BCUT2D eigenvalue weighted by atomic mass is 10.2. The molecule has 0 bridgehead atoms. The van der Waals surface area contributed by atoms with Crippen LogP contribution in [0, 0.1) is 0 Å². The van der Waals surface area contributed by atoms with Crippen LogP contribution in [0.25, 0.3) is 5.82 Å². The zero-order valence-electron chi connectivity index (χ0n) is 15.8. The molecule has 2 aliphatic rings. The molecule has 2 aromatic heterocycles. The number of fused-ring (bicyclic) bond motifs is 1. The van der Waals surface area contributed by atoms with E-state index in [4.69, 9.17) is 4.74 Å². The zero-order chi connectivity index (χ0) is 19.8. The van der Waals surface area contributed by atoms with Gasteiger partial charge in [0.2, 0.25) is 10.0 Å². The van der Waals surface area contributed by atoms with Gasteiger partial charge in [0, 0.05) is 51.1 Å². The lowest BCUT2D eigenvalue weighted by Crippen LogP contribution is -2.49. The third-order valence-corrected chi connectivity index (χ3v) is 7.26. The van der Waals surface area contributed by atoms with E-state index in [2.05, 4.69) is 14.9 Å². The predicted octanol–water partition coefficient (Wildman–Crippen LogP) is 1.71. The van der Waals surface area contributed by atoms with E-state index in [1.165, 1.54) is 0 Å². The van der Waals surface area contributed by atoms with Gasteiger partial charge in [-0.15, -0.1) is 0 Å². The molecule has 4 heterocycles. The van der Waals surface area contributed by atoms with Crippen molar-refractivity contribution in [2.24, 2.45) is 0 Å². The number of anilines is 1. The van der Waals surface area contributed by atoms with Crippen molar-refractivity contribution < 1.29 is 13.2 Å². The number of ether oxygens (including phenoxy) is 1. The average molecular weight is 411 g/mol. The lowest BCUT2D eigenvalue weighted by Gasteiger charge is -2.34. The Bertz CT molecular complexity index is 1120. The van der Waals surface area contributed by atoms with Gasteiger partial charge in [0.1, 0.15) is 23.7 Å². The molecule has 0 unspecified atom stereocenters. The molecule has 0 saturated carbocycles. The molecule has 150 valence electrons. The van der Waals surface area contributed by atoms with Crippen LogP contribution in [0.15, 0.2) is 60.0 Å². The minimum atomic E-state index is -3.52. The molecule has 0 spiro atoms. The summed E-state index contributed by atoms with van der Waals surface area (Å²) in [5, 5.41) is 0. The van der Waals surface area contributed by atoms with E-state index in [9.17, 15) is 8.42 Å². The van der Waals surface area contributed by atoms with Gasteiger partial charge in [-0.3, -0.25) is 0 Å². The van der Waals surface area contributed by atoms with E-state index in [1.807, 2.05) is 35.2 Å². The topological polar surface area (TPSA) is 80.6 Å². The summed E-state index contributed by atoms with van der Waals surface area (Å²) >= 11 is 0. The number of hydrogen-bond donors (Lipinski definition) is 0. The van der Waals surface area contributed by atoms with Gasteiger partial charge in [0.25, 0.3) is 0 Å². The highest BCUT2D eigenvalue weighted by Crippen LogP contribution is 2.29. The molecule has 29 heavy (non-hydrogen) atoms. The van der Waals surface area contributed by atoms with Crippen molar-refractivity contribution in [2.45, 2.75) is 11.3 Å². The van der Waals surface area contributed by atoms with Gasteiger partial charge in [0.05, 0.1) is 11.5 Å². The van der Waals surface area contributed by atoms with Crippen LogP contribution in [-0.2, 0) is 16.4 Å². The molecule has 8 nitrogen and oxygen atoms in total. The fourth-order valence-electron chi connectivity index (χ4n) is 3.77. The Labute approximate surface area is 169 Å². The van der Waals surface area contributed by atoms with Crippen LogP contribution in [-0.4, -0.2) is 60.0 Å². The monoisotopic (exact) mass is 411 g/mol. The van der Waals surface area contributed by atoms with Gasteiger partial charge in [0.15, 0.2) is 0 Å². The third kappa shape index (κ3) is 3.36. The molecule has 1 fully saturated rings. The van der Waals surface area contributed by atoms with E-state index in [0.717, 1.165) is 29.4 Å². The van der Waals surface area contributed by atoms with Gasteiger partial charge in [-0.1, -0.05) is 0 Å². The van der Waals surface area contributed by atoms with Crippen LogP contribution in [0.2, 0.25) is 0 Å². The maximum atomic E-state index is 13.1. The summed E-state index contributed by atoms with van der Waals surface area (Å²) in [5.41, 5.74) is 0.961. The highest BCUT2D eigenvalue weighted by molar-refractivity contribution is 7.89. The first-order valence-electron chi connectivity index (χ1n) is 9.57. The van der Waals surface area contributed by atoms with Crippen molar-refractivity contribution in [2.75, 3.05) is 37.7 Å². The van der Waals surface area contributed by atoms with Gasteiger partial charge in [-0.2, -0.15) is 4.31 Å². The first kappa shape index (κ1) is 18.1. The second-order valence-corrected chi connectivity index (χ2v) is 9.02. The number of rotatable bonds is 4. The molecule has 0 aliphatic carbocycles. The first-order valence-corrected chi connectivity index (χ1v) is 11.0. The van der Waals surface area contributed by atoms with Gasteiger partial charge in [-0.05, 0) is 35.9 Å². The standard InChI is InChI=1S/C20H21N5O3S/c26-29(27,17-3-4-18-16(13-17)5-12-28-18)25-10-8-24(9-11-25)20-14-19(21-15-22-20)23-6-1-2-7-23/h1-4,6-7,13-15H,5,8-12H2. The van der Waals surface area contributed by atoms with Crippen molar-refractivity contribution >= 4 is 15.8 Å². The van der Waals surface area contributed by atoms with Crippen molar-refractivity contribution in [3.05, 3.63) is 60.7 Å². The van der Waals surface area contributed by atoms with Crippen LogP contribution in [0.4, 0.5) is 5.82 Å². The minimum absolute atomic E-state index is 0.340. The SMILES string of the molecule is O=S(=O)(c1ccc2c(c1)CCO2)N1CCN(c2cc(-n3cccc3)ncn2)CC1. The second-order valence-electron chi connectivity index (χ2n) is 7.08. The predicted molar refractivity (Wildman–Crippen MR) is 108 cm³/mol. The number of sulfonamides is 1. The Morgan fingerprint density at radius 3 is 2.48 bits per heavy atom. The van der Waals surface area contributed by atoms with Gasteiger partial charge >= 0.3 is 0 Å². The summed E-state index contributed by atoms with van der Waals surface area (Å²) < 4.78 is 35.1. The highest BCUT2D eigenvalue weighted by Gasteiger charge is 2.30. The summed E-state index contributed by atoms with van der Waals surface area (Å²) in [4.78, 5) is 11.1. The van der Waals surface area contributed by atoms with E-state index in [-0.39, 0.29) is 0 Å². The van der Waals surface area contributed by atoms with Gasteiger partial charge < -0.3 is 14.2 Å². The van der Waals surface area contributed by atoms with Crippen LogP contribution in [0.3, 0.4) is 0 Å². The number of aromatic nitrogens is 3. The Balaban J connectivity index is 1.31. The Morgan fingerprint density at radius 2 is 1.69 bits per heavy atom. The fourth-order valence-corrected chi connectivity index (χ4v) is 5.24. The zero-order valence-corrected chi connectivity index (χ0v) is 16.6. The van der Waals surface area contributed by atoms with E-state index in [0.29, 0.717) is 37.7 Å². The molecule has 3 aromatic rings. The summed E-state index contributed by atoms with van der Waals surface area (Å²) in [7, 11) is -3.52. The Kier molecular flexibility index (Phi) is 4.48. The molecule has 0 radical (unpaired) electrons. The first-order chi connectivity index (χ1) is 14.1. The molecule has 1 saturated heterocycles. The fraction of sp³-hybridized carbons (Fsp3) is 0.300. The summed E-state index contributed by atoms with van der Waals surface area (Å²) in [5.74, 6) is 2.38.